The fraction of sp³-hybridized carbons (Fsp3) is 0.263. The molecule has 0 bridgehead atoms. The number of rotatable bonds is 4. The van der Waals surface area contributed by atoms with E-state index in [0.29, 0.717) is 0 Å². The molecule has 140 valence electrons. The number of nitrogens with zero attached hydrogens (tertiary/aromatic N) is 3. The van der Waals surface area contributed by atoms with Crippen LogP contribution in [0.4, 0.5) is 16.4 Å². The summed E-state index contributed by atoms with van der Waals surface area (Å²) in [4.78, 5) is 24.9. The van der Waals surface area contributed by atoms with E-state index in [-0.39, 0.29) is 5.95 Å². The van der Waals surface area contributed by atoms with Gasteiger partial charge in [-0.05, 0) is 49.5 Å². The molecule has 1 aliphatic rings. The van der Waals surface area contributed by atoms with Gasteiger partial charge in [0.15, 0.2) is 0 Å². The summed E-state index contributed by atoms with van der Waals surface area (Å²) >= 11 is 1.66. The molecule has 8 heteroatoms. The lowest BCUT2D eigenvalue weighted by Crippen LogP contribution is -2.44. The second-order valence-electron chi connectivity index (χ2n) is 6.58. The van der Waals surface area contributed by atoms with Crippen molar-refractivity contribution in [3.05, 3.63) is 42.5 Å². The summed E-state index contributed by atoms with van der Waals surface area (Å²) in [6.45, 7) is 4.31. The van der Waals surface area contributed by atoms with Crippen molar-refractivity contribution in [3.63, 3.8) is 0 Å². The molecule has 7 nitrogen and oxygen atoms in total. The zero-order valence-corrected chi connectivity index (χ0v) is 15.8. The molecular weight excluding hydrogens is 362 g/mol. The molecule has 2 aromatic carbocycles. The molecule has 1 saturated heterocycles. The smallest absolute Gasteiger partial charge is 0.411 e. The van der Waals surface area contributed by atoms with Crippen LogP contribution >= 0.6 is 11.8 Å². The van der Waals surface area contributed by atoms with Gasteiger partial charge in [-0.15, -0.1) is 0 Å². The van der Waals surface area contributed by atoms with Crippen LogP contribution in [0.2, 0.25) is 0 Å². The van der Waals surface area contributed by atoms with Crippen LogP contribution in [0.1, 0.15) is 0 Å². The van der Waals surface area contributed by atoms with Crippen molar-refractivity contribution in [1.82, 2.24) is 14.9 Å². The molecule has 0 saturated carbocycles. The molecule has 0 radical (unpaired) electrons. The van der Waals surface area contributed by atoms with Gasteiger partial charge in [-0.1, -0.05) is 11.8 Å². The molecule has 2 heterocycles. The van der Waals surface area contributed by atoms with Crippen molar-refractivity contribution in [1.29, 1.82) is 0 Å². The normalized spacial score (nSPS) is 15.2. The molecule has 1 fully saturated rings. The standard InChI is InChI=1S/C19H21N5O2S/c1-23-8-10-24(11-9-23)13-2-4-14(5-3-13)27-15-6-7-16-17(12-15)21-18(20-16)22-19(25)26/h2-7,12H,8-11H2,1H3,(H,25,26)(H2,20,21,22). The fourth-order valence-corrected chi connectivity index (χ4v) is 3.99. The maximum absolute atomic E-state index is 10.7. The zero-order valence-electron chi connectivity index (χ0n) is 15.0. The molecule has 3 N–H and O–H groups in total. The van der Waals surface area contributed by atoms with E-state index in [4.69, 9.17) is 5.11 Å². The molecule has 0 atom stereocenters. The third kappa shape index (κ3) is 4.17. The number of fused-ring (bicyclic) bond motifs is 1. The van der Waals surface area contributed by atoms with Crippen molar-refractivity contribution >= 4 is 40.5 Å². The molecule has 1 aliphatic heterocycles. The van der Waals surface area contributed by atoms with Crippen LogP contribution in [0, 0.1) is 0 Å². The second-order valence-corrected chi connectivity index (χ2v) is 7.73. The van der Waals surface area contributed by atoms with Gasteiger partial charge in [0.1, 0.15) is 0 Å². The lowest BCUT2D eigenvalue weighted by Gasteiger charge is -2.34. The van der Waals surface area contributed by atoms with Gasteiger partial charge in [-0.2, -0.15) is 0 Å². The number of likely N-dealkylation sites (N-methyl/N-ethyl adjacent to an activating group) is 1. The van der Waals surface area contributed by atoms with Crippen molar-refractivity contribution < 1.29 is 9.90 Å². The molecule has 1 aromatic heterocycles. The summed E-state index contributed by atoms with van der Waals surface area (Å²) < 4.78 is 0. The Morgan fingerprint density at radius 1 is 1.11 bits per heavy atom. The summed E-state index contributed by atoms with van der Waals surface area (Å²) in [7, 11) is 2.16. The predicted molar refractivity (Wildman–Crippen MR) is 108 cm³/mol. The Hall–Kier alpha value is -2.71. The first kappa shape index (κ1) is 17.7. The molecule has 0 aliphatic carbocycles. The summed E-state index contributed by atoms with van der Waals surface area (Å²) in [5, 5.41) is 11.0. The van der Waals surface area contributed by atoms with Gasteiger partial charge in [0.2, 0.25) is 5.95 Å². The maximum atomic E-state index is 10.7. The van der Waals surface area contributed by atoms with E-state index in [9.17, 15) is 4.79 Å². The topological polar surface area (TPSA) is 84.5 Å². The van der Waals surface area contributed by atoms with E-state index in [1.54, 1.807) is 11.8 Å². The average Bonchev–Trinajstić information content (AvgIpc) is 3.04. The summed E-state index contributed by atoms with van der Waals surface area (Å²) in [6, 6.07) is 14.5. The SMILES string of the molecule is CN1CCN(c2ccc(Sc3ccc4[nH]c(NC(=O)O)nc4c3)cc2)CC1. The van der Waals surface area contributed by atoms with Crippen LogP contribution in [0.25, 0.3) is 11.0 Å². The Balaban J connectivity index is 1.46. The maximum Gasteiger partial charge on any atom is 0.411 e. The van der Waals surface area contributed by atoms with Crippen molar-refractivity contribution in [2.45, 2.75) is 9.79 Å². The number of hydrogen-bond donors (Lipinski definition) is 3. The largest absolute Gasteiger partial charge is 0.465 e. The van der Waals surface area contributed by atoms with Gasteiger partial charge in [0, 0.05) is 41.7 Å². The minimum absolute atomic E-state index is 0.233. The quantitative estimate of drug-likeness (QED) is 0.639. The van der Waals surface area contributed by atoms with Gasteiger partial charge in [-0.3, -0.25) is 5.32 Å². The zero-order chi connectivity index (χ0) is 18.8. The summed E-state index contributed by atoms with van der Waals surface area (Å²) in [5.41, 5.74) is 2.80. The van der Waals surface area contributed by atoms with E-state index in [2.05, 4.69) is 56.4 Å². The summed E-state index contributed by atoms with van der Waals surface area (Å²) in [6.07, 6.45) is -1.14. The van der Waals surface area contributed by atoms with Gasteiger partial charge < -0.3 is 19.9 Å². The van der Waals surface area contributed by atoms with Gasteiger partial charge in [0.05, 0.1) is 11.0 Å². The monoisotopic (exact) mass is 383 g/mol. The first-order valence-corrected chi connectivity index (χ1v) is 9.59. The number of hydrogen-bond acceptors (Lipinski definition) is 5. The third-order valence-electron chi connectivity index (χ3n) is 4.62. The van der Waals surface area contributed by atoms with Crippen LogP contribution in [-0.2, 0) is 0 Å². The molecule has 27 heavy (non-hydrogen) atoms. The van der Waals surface area contributed by atoms with Crippen molar-refractivity contribution in [3.8, 4) is 0 Å². The van der Waals surface area contributed by atoms with Crippen LogP contribution in [0.5, 0.6) is 0 Å². The number of nitrogens with one attached hydrogen (secondary N) is 2. The van der Waals surface area contributed by atoms with E-state index in [0.717, 1.165) is 47.0 Å². The highest BCUT2D eigenvalue weighted by atomic mass is 32.2. The minimum Gasteiger partial charge on any atom is -0.465 e. The molecule has 3 aromatic rings. The van der Waals surface area contributed by atoms with E-state index >= 15 is 0 Å². The number of carbonyl (C=O) groups is 1. The third-order valence-corrected chi connectivity index (χ3v) is 5.62. The first-order valence-electron chi connectivity index (χ1n) is 8.78. The van der Waals surface area contributed by atoms with Gasteiger partial charge in [0.25, 0.3) is 0 Å². The first-order chi connectivity index (χ1) is 13.1. The number of imidazole rings is 1. The Bertz CT molecular complexity index is 948. The lowest BCUT2D eigenvalue weighted by molar-refractivity contribution is 0.209. The minimum atomic E-state index is -1.14. The van der Waals surface area contributed by atoms with Crippen LogP contribution in [0.3, 0.4) is 0 Å². The van der Waals surface area contributed by atoms with E-state index in [1.807, 2.05) is 18.2 Å². The van der Waals surface area contributed by atoms with Crippen molar-refractivity contribution in [2.75, 3.05) is 43.4 Å². The predicted octanol–water partition coefficient (Wildman–Crippen LogP) is 3.56. The Kier molecular flexibility index (Phi) is 4.91. The van der Waals surface area contributed by atoms with Crippen LogP contribution in [0.15, 0.2) is 52.3 Å². The molecule has 0 spiro atoms. The van der Waals surface area contributed by atoms with Gasteiger partial charge >= 0.3 is 6.09 Å². The van der Waals surface area contributed by atoms with Crippen LogP contribution < -0.4 is 10.2 Å². The molecule has 0 unspecified atom stereocenters. The lowest BCUT2D eigenvalue weighted by atomic mass is 10.2. The molecule has 4 rings (SSSR count). The number of amides is 1. The Morgan fingerprint density at radius 2 is 1.81 bits per heavy atom. The van der Waals surface area contributed by atoms with Crippen LogP contribution in [-0.4, -0.2) is 59.3 Å². The second kappa shape index (κ2) is 7.50. The Labute approximate surface area is 161 Å². The van der Waals surface area contributed by atoms with Crippen molar-refractivity contribution in [2.24, 2.45) is 0 Å². The highest BCUT2D eigenvalue weighted by molar-refractivity contribution is 7.99. The number of H-pyrrole nitrogens is 1. The number of aromatic amines is 1. The number of anilines is 2. The highest BCUT2D eigenvalue weighted by Crippen LogP contribution is 2.31. The number of carboxylic acid groups (broad SMARTS) is 1. The van der Waals surface area contributed by atoms with Gasteiger partial charge in [-0.25, -0.2) is 9.78 Å². The number of aromatic nitrogens is 2. The summed E-state index contributed by atoms with van der Waals surface area (Å²) in [5.74, 6) is 0.233. The van der Waals surface area contributed by atoms with E-state index < -0.39 is 6.09 Å². The molecule has 1 amide bonds. The van der Waals surface area contributed by atoms with E-state index in [1.165, 1.54) is 5.69 Å². The number of benzene rings is 2. The fourth-order valence-electron chi connectivity index (χ4n) is 3.14. The average molecular weight is 383 g/mol. The highest BCUT2D eigenvalue weighted by Gasteiger charge is 2.14. The molecular formula is C19H21N5O2S. The Morgan fingerprint density at radius 3 is 2.52 bits per heavy atom. The number of piperazine rings is 1.